The van der Waals surface area contributed by atoms with Crippen molar-refractivity contribution in [3.8, 4) is 0 Å². The van der Waals surface area contributed by atoms with Crippen molar-refractivity contribution in [3.63, 3.8) is 0 Å². The van der Waals surface area contributed by atoms with E-state index in [-0.39, 0.29) is 0 Å². The van der Waals surface area contributed by atoms with Gasteiger partial charge >= 0.3 is 0 Å². The van der Waals surface area contributed by atoms with Gasteiger partial charge in [-0.2, -0.15) is 0 Å². The molecule has 2 heteroatoms. The molecular formula is C15H30N2. The number of hydrogen-bond donors (Lipinski definition) is 1. The summed E-state index contributed by atoms with van der Waals surface area (Å²) >= 11 is 0. The van der Waals surface area contributed by atoms with E-state index in [4.69, 9.17) is 0 Å². The lowest BCUT2D eigenvalue weighted by molar-refractivity contribution is 0.265. The number of rotatable bonds is 9. The largest absolute Gasteiger partial charge is 0.311 e. The Morgan fingerprint density at radius 3 is 2.41 bits per heavy atom. The van der Waals surface area contributed by atoms with Crippen molar-refractivity contribution in [1.82, 2.24) is 10.2 Å². The second-order valence-electron chi connectivity index (χ2n) is 6.17. The lowest BCUT2D eigenvalue weighted by Crippen LogP contribution is -2.33. The predicted molar refractivity (Wildman–Crippen MR) is 76.3 cm³/mol. The zero-order valence-electron chi connectivity index (χ0n) is 12.1. The van der Waals surface area contributed by atoms with E-state index in [1.54, 1.807) is 0 Å². The molecule has 0 aliphatic heterocycles. The molecule has 2 nitrogen and oxygen atoms in total. The Labute approximate surface area is 107 Å². The van der Waals surface area contributed by atoms with Crippen LogP contribution in [0.4, 0.5) is 0 Å². The highest BCUT2D eigenvalue weighted by atomic mass is 15.2. The van der Waals surface area contributed by atoms with Gasteiger partial charge in [0.1, 0.15) is 0 Å². The van der Waals surface area contributed by atoms with Gasteiger partial charge in [0, 0.05) is 25.2 Å². The Balaban J connectivity index is 2.25. The molecule has 0 spiro atoms. The summed E-state index contributed by atoms with van der Waals surface area (Å²) < 4.78 is 0. The molecule has 0 radical (unpaired) electrons. The first-order valence-electron chi connectivity index (χ1n) is 7.13. The van der Waals surface area contributed by atoms with E-state index < -0.39 is 0 Å². The molecule has 0 saturated heterocycles. The molecule has 1 rings (SSSR count). The van der Waals surface area contributed by atoms with Crippen molar-refractivity contribution < 1.29 is 0 Å². The smallest absolute Gasteiger partial charge is 0.0205 e. The molecule has 0 atom stereocenters. The normalized spacial score (nSPS) is 16.2. The third-order valence-corrected chi connectivity index (χ3v) is 3.24. The third kappa shape index (κ3) is 6.85. The summed E-state index contributed by atoms with van der Waals surface area (Å²) in [5.41, 5.74) is 1.33. The van der Waals surface area contributed by atoms with Crippen molar-refractivity contribution in [3.05, 3.63) is 12.2 Å². The summed E-state index contributed by atoms with van der Waals surface area (Å²) in [5, 5.41) is 3.45. The molecule has 0 amide bonds. The first-order chi connectivity index (χ1) is 7.99. The zero-order chi connectivity index (χ0) is 12.8. The Bertz CT molecular complexity index is 229. The van der Waals surface area contributed by atoms with Gasteiger partial charge < -0.3 is 5.32 Å². The molecule has 0 heterocycles. The minimum Gasteiger partial charge on any atom is -0.311 e. The average Bonchev–Trinajstić information content (AvgIpc) is 3.04. The van der Waals surface area contributed by atoms with Gasteiger partial charge in [-0.1, -0.05) is 34.3 Å². The average molecular weight is 238 g/mol. The lowest BCUT2D eigenvalue weighted by Gasteiger charge is -2.24. The van der Waals surface area contributed by atoms with Crippen molar-refractivity contribution >= 4 is 0 Å². The van der Waals surface area contributed by atoms with Crippen LogP contribution in [0.25, 0.3) is 0 Å². The Morgan fingerprint density at radius 2 is 1.94 bits per heavy atom. The predicted octanol–water partition coefficient (Wildman–Crippen LogP) is 3.05. The highest BCUT2D eigenvalue weighted by Crippen LogP contribution is 2.27. The molecule has 1 fully saturated rings. The Morgan fingerprint density at radius 1 is 1.29 bits per heavy atom. The Hall–Kier alpha value is -0.340. The second-order valence-corrected chi connectivity index (χ2v) is 6.17. The van der Waals surface area contributed by atoms with Gasteiger partial charge in [-0.3, -0.25) is 4.90 Å². The molecule has 0 bridgehead atoms. The van der Waals surface area contributed by atoms with Crippen molar-refractivity contribution in [1.29, 1.82) is 0 Å². The van der Waals surface area contributed by atoms with E-state index in [0.29, 0.717) is 6.04 Å². The van der Waals surface area contributed by atoms with E-state index in [0.717, 1.165) is 25.0 Å². The van der Waals surface area contributed by atoms with Crippen LogP contribution >= 0.6 is 0 Å². The molecule has 17 heavy (non-hydrogen) atoms. The van der Waals surface area contributed by atoms with E-state index in [1.807, 2.05) is 0 Å². The van der Waals surface area contributed by atoms with Crippen molar-refractivity contribution in [2.75, 3.05) is 19.6 Å². The summed E-state index contributed by atoms with van der Waals surface area (Å²) in [6.45, 7) is 16.5. The zero-order valence-corrected chi connectivity index (χ0v) is 12.1. The van der Waals surface area contributed by atoms with Crippen LogP contribution in [0, 0.1) is 5.92 Å². The quantitative estimate of drug-likeness (QED) is 0.621. The number of nitrogens with zero attached hydrogens (tertiary/aromatic N) is 1. The molecule has 0 aromatic carbocycles. The molecular weight excluding hydrogens is 208 g/mol. The van der Waals surface area contributed by atoms with Crippen molar-refractivity contribution in [2.24, 2.45) is 5.92 Å². The van der Waals surface area contributed by atoms with Crippen LogP contribution in [0.15, 0.2) is 12.2 Å². The fraction of sp³-hybridized carbons (Fsp3) is 0.867. The van der Waals surface area contributed by atoms with Crippen LogP contribution in [-0.2, 0) is 0 Å². The summed E-state index contributed by atoms with van der Waals surface area (Å²) in [6.07, 6.45) is 4.09. The van der Waals surface area contributed by atoms with Crippen LogP contribution in [0.3, 0.4) is 0 Å². The van der Waals surface area contributed by atoms with Gasteiger partial charge in [0.15, 0.2) is 0 Å². The van der Waals surface area contributed by atoms with E-state index in [2.05, 4.69) is 44.5 Å². The van der Waals surface area contributed by atoms with Gasteiger partial charge in [0.25, 0.3) is 0 Å². The van der Waals surface area contributed by atoms with E-state index in [1.165, 1.54) is 31.4 Å². The molecule has 1 saturated carbocycles. The first kappa shape index (κ1) is 14.7. The van der Waals surface area contributed by atoms with Crippen LogP contribution in [-0.4, -0.2) is 36.6 Å². The van der Waals surface area contributed by atoms with E-state index in [9.17, 15) is 0 Å². The number of nitrogens with one attached hydrogen (secondary N) is 1. The molecule has 0 unspecified atom stereocenters. The van der Waals surface area contributed by atoms with Gasteiger partial charge in [-0.25, -0.2) is 0 Å². The molecule has 0 aromatic heterocycles. The van der Waals surface area contributed by atoms with Crippen LogP contribution < -0.4 is 5.32 Å². The van der Waals surface area contributed by atoms with Gasteiger partial charge in [0.2, 0.25) is 0 Å². The monoisotopic (exact) mass is 238 g/mol. The minimum atomic E-state index is 0.553. The van der Waals surface area contributed by atoms with Crippen molar-refractivity contribution in [2.45, 2.75) is 59.0 Å². The van der Waals surface area contributed by atoms with E-state index >= 15 is 0 Å². The maximum absolute atomic E-state index is 4.20. The summed E-state index contributed by atoms with van der Waals surface area (Å²) in [4.78, 5) is 2.63. The first-order valence-corrected chi connectivity index (χ1v) is 7.13. The van der Waals surface area contributed by atoms with Crippen LogP contribution in [0.1, 0.15) is 47.0 Å². The minimum absolute atomic E-state index is 0.553. The fourth-order valence-electron chi connectivity index (χ4n) is 1.95. The highest BCUT2D eigenvalue weighted by molar-refractivity contribution is 5.02. The topological polar surface area (TPSA) is 15.3 Å². The van der Waals surface area contributed by atoms with Crippen LogP contribution in [0.2, 0.25) is 0 Å². The summed E-state index contributed by atoms with van der Waals surface area (Å²) in [5.74, 6) is 0.804. The molecule has 0 aromatic rings. The Kier molecular flexibility index (Phi) is 6.21. The standard InChI is InChI=1S/C15H30N2/c1-12(2)8-9-17(15-6-7-15)11-14(5)10-16-13(3)4/h12-13,15-16H,5-11H2,1-4H3. The molecule has 1 aliphatic rings. The van der Waals surface area contributed by atoms with Gasteiger partial charge in [0.05, 0.1) is 0 Å². The maximum Gasteiger partial charge on any atom is 0.0205 e. The number of hydrogen-bond acceptors (Lipinski definition) is 2. The van der Waals surface area contributed by atoms with Gasteiger partial charge in [-0.15, -0.1) is 0 Å². The molecule has 1 aliphatic carbocycles. The lowest BCUT2D eigenvalue weighted by atomic mass is 10.1. The fourth-order valence-corrected chi connectivity index (χ4v) is 1.95. The van der Waals surface area contributed by atoms with Crippen LogP contribution in [0.5, 0.6) is 0 Å². The summed E-state index contributed by atoms with van der Waals surface area (Å²) in [6, 6.07) is 1.40. The highest BCUT2D eigenvalue weighted by Gasteiger charge is 2.28. The second kappa shape index (κ2) is 7.17. The molecule has 1 N–H and O–H groups in total. The SMILES string of the molecule is C=C(CNC(C)C)CN(CCC(C)C)C1CC1. The molecule has 100 valence electrons. The summed E-state index contributed by atoms with van der Waals surface area (Å²) in [7, 11) is 0. The van der Waals surface area contributed by atoms with Gasteiger partial charge in [-0.05, 0) is 37.3 Å². The maximum atomic E-state index is 4.20. The third-order valence-electron chi connectivity index (χ3n) is 3.24.